The Bertz CT molecular complexity index is 2940. The van der Waals surface area contributed by atoms with Crippen LogP contribution in [0.1, 0.15) is 106 Å². The Morgan fingerprint density at radius 1 is 0.416 bits per heavy atom. The molecule has 6 aromatic heterocycles. The number of fused-ring (bicyclic) bond motifs is 4. The molecule has 0 aliphatic heterocycles. The molecule has 0 fully saturated rings. The predicted octanol–water partition coefficient (Wildman–Crippen LogP) is 15.0. The van der Waals surface area contributed by atoms with Gasteiger partial charge in [-0.3, -0.25) is 0 Å². The van der Waals surface area contributed by atoms with Gasteiger partial charge in [0.15, 0.2) is 0 Å². The van der Waals surface area contributed by atoms with E-state index >= 15 is 26.3 Å². The molecule has 1 N–H and O–H groups in total. The molecule has 6 heterocycles. The van der Waals surface area contributed by atoms with Crippen molar-refractivity contribution < 1.29 is 64.6 Å². The van der Waals surface area contributed by atoms with Crippen LogP contribution >= 0.6 is 68.0 Å². The van der Waals surface area contributed by atoms with Gasteiger partial charge in [-0.05, 0) is 60.7 Å². The van der Waals surface area contributed by atoms with E-state index in [4.69, 9.17) is 33.2 Å². The fraction of sp³-hybridized carbons (Fsp3) is 0.544. The molecule has 2 aliphatic carbocycles. The first-order valence-electron chi connectivity index (χ1n) is 25.3. The number of allylic oxidation sites excluding steroid dienone is 2. The lowest BCUT2D eigenvalue weighted by Crippen LogP contribution is -2.49. The number of methoxy groups -OCH3 is 3. The highest BCUT2D eigenvalue weighted by Gasteiger charge is 2.81. The Labute approximate surface area is 471 Å². The van der Waals surface area contributed by atoms with E-state index in [1.165, 1.54) is 68.8 Å². The van der Waals surface area contributed by atoms with Crippen molar-refractivity contribution in [1.29, 1.82) is 0 Å². The summed E-state index contributed by atoms with van der Waals surface area (Å²) in [4.78, 5) is 7.51. The molecular weight excluding hydrogens is 1120 g/mol. The van der Waals surface area contributed by atoms with Gasteiger partial charge < -0.3 is 38.3 Å². The summed E-state index contributed by atoms with van der Waals surface area (Å²) in [5, 5.41) is 9.44. The lowest BCUT2D eigenvalue weighted by atomic mass is 9.77. The van der Waals surface area contributed by atoms with Gasteiger partial charge in [0.05, 0.1) is 79.3 Å². The normalized spacial score (nSPS) is 17.0. The Balaban J connectivity index is 1.46. The predicted molar refractivity (Wildman–Crippen MR) is 303 cm³/mol. The number of hydrogen-bond acceptors (Lipinski definition) is 14. The molecule has 422 valence electrons. The highest BCUT2D eigenvalue weighted by Crippen LogP contribution is 2.71. The molecule has 8 rings (SSSR count). The molecule has 2 aliphatic rings. The number of ether oxygens (including phenoxy) is 7. The van der Waals surface area contributed by atoms with Crippen LogP contribution in [0.3, 0.4) is 0 Å². The number of hydrogen-bond donors (Lipinski definition) is 1. The quantitative estimate of drug-likeness (QED) is 0.0403. The molecular formula is C57H68F6O8S6. The van der Waals surface area contributed by atoms with Crippen molar-refractivity contribution in [3.63, 3.8) is 0 Å². The van der Waals surface area contributed by atoms with E-state index in [1.54, 1.807) is 21.3 Å². The van der Waals surface area contributed by atoms with Crippen molar-refractivity contribution in [1.82, 2.24) is 0 Å². The van der Waals surface area contributed by atoms with Gasteiger partial charge in [-0.1, -0.05) is 55.4 Å². The largest absolute Gasteiger partial charge is 0.394 e. The monoisotopic (exact) mass is 1190 g/mol. The maximum Gasteiger partial charge on any atom is 0.380 e. The van der Waals surface area contributed by atoms with Crippen LogP contribution in [0.5, 0.6) is 0 Å². The number of rotatable bonds is 27. The molecule has 0 aromatic carbocycles. The average Bonchev–Trinajstić information content (AvgIpc) is 4.43. The van der Waals surface area contributed by atoms with Crippen molar-refractivity contribution in [3.8, 4) is 19.5 Å². The van der Waals surface area contributed by atoms with Crippen LogP contribution in [0.2, 0.25) is 0 Å². The second-order valence-electron chi connectivity index (χ2n) is 22.0. The van der Waals surface area contributed by atoms with Gasteiger partial charge in [-0.15, -0.1) is 68.0 Å². The topological polar surface area (TPSA) is 84.8 Å². The Hall–Kier alpha value is -2.80. The van der Waals surface area contributed by atoms with E-state index in [9.17, 15) is 5.11 Å². The fourth-order valence-electron chi connectivity index (χ4n) is 9.62. The SMILES string of the molecule is COCCOCC(C)(C)c1ccc(-c2cc3c(s2)C(c2ccc(C(C)(C)COCCOC)s2)(c2ccc(C(C)(C)COCCOC)s2)c2sc(-c4ccc(C(C)(C)COCCO)s4)cc2C2=C3C(F)(F)C(F)(F)C2(F)F)s1. The first kappa shape index (κ1) is 60.3. The summed E-state index contributed by atoms with van der Waals surface area (Å²) in [7, 11) is 4.78. The maximum atomic E-state index is 17.4. The van der Waals surface area contributed by atoms with Gasteiger partial charge in [-0.25, -0.2) is 0 Å². The zero-order valence-electron chi connectivity index (χ0n) is 45.3. The van der Waals surface area contributed by atoms with Crippen LogP contribution in [-0.4, -0.2) is 123 Å². The van der Waals surface area contributed by atoms with E-state index < -0.39 is 56.0 Å². The molecule has 0 bridgehead atoms. The van der Waals surface area contributed by atoms with Crippen LogP contribution in [-0.2, 0) is 60.2 Å². The third kappa shape index (κ3) is 11.2. The van der Waals surface area contributed by atoms with Crippen LogP contribution < -0.4 is 0 Å². The minimum Gasteiger partial charge on any atom is -0.394 e. The highest BCUT2D eigenvalue weighted by molar-refractivity contribution is 7.24. The lowest BCUT2D eigenvalue weighted by molar-refractivity contribution is -0.254. The van der Waals surface area contributed by atoms with Crippen molar-refractivity contribution in [2.75, 3.05) is 101 Å². The summed E-state index contributed by atoms with van der Waals surface area (Å²) in [5.41, 5.74) is -7.31. The van der Waals surface area contributed by atoms with Crippen molar-refractivity contribution >= 4 is 79.2 Å². The molecule has 8 nitrogen and oxygen atoms in total. The maximum absolute atomic E-state index is 17.4. The Kier molecular flexibility index (Phi) is 18.2. The molecule has 0 unspecified atom stereocenters. The number of halogens is 6. The Morgan fingerprint density at radius 2 is 0.740 bits per heavy atom. The molecule has 0 atom stereocenters. The van der Waals surface area contributed by atoms with E-state index in [1.807, 2.05) is 104 Å². The molecule has 0 saturated heterocycles. The Morgan fingerprint density at radius 3 is 1.08 bits per heavy atom. The smallest absolute Gasteiger partial charge is 0.380 e. The average molecular weight is 1190 g/mol. The van der Waals surface area contributed by atoms with Gasteiger partial charge in [0.1, 0.15) is 5.41 Å². The number of aliphatic hydroxyl groups excluding tert-OH is 1. The van der Waals surface area contributed by atoms with Crippen LogP contribution in [0.4, 0.5) is 26.3 Å². The van der Waals surface area contributed by atoms with Crippen molar-refractivity contribution in [2.24, 2.45) is 0 Å². The van der Waals surface area contributed by atoms with E-state index in [-0.39, 0.29) is 40.7 Å². The first-order valence-corrected chi connectivity index (χ1v) is 30.2. The zero-order valence-corrected chi connectivity index (χ0v) is 50.2. The van der Waals surface area contributed by atoms with E-state index in [0.29, 0.717) is 88.7 Å². The van der Waals surface area contributed by atoms with Gasteiger partial charge in [0, 0.05) is 124 Å². The second-order valence-corrected chi connectivity index (χ2v) is 28.5. The molecule has 0 saturated carbocycles. The van der Waals surface area contributed by atoms with Crippen molar-refractivity contribution in [2.45, 2.75) is 100 Å². The highest BCUT2D eigenvalue weighted by atomic mass is 32.1. The van der Waals surface area contributed by atoms with E-state index in [0.717, 1.165) is 30.8 Å². The van der Waals surface area contributed by atoms with Gasteiger partial charge >= 0.3 is 17.8 Å². The third-order valence-corrected chi connectivity index (χ3v) is 23.0. The number of thiophene rings is 6. The molecule has 0 amide bonds. The molecule has 0 spiro atoms. The minimum atomic E-state index is -5.78. The van der Waals surface area contributed by atoms with Crippen LogP contribution in [0, 0.1) is 0 Å². The summed E-state index contributed by atoms with van der Waals surface area (Å²) in [6.07, 6.45) is 0. The lowest BCUT2D eigenvalue weighted by Gasteiger charge is -2.34. The summed E-state index contributed by atoms with van der Waals surface area (Å²) in [6.45, 7) is 19.6. The van der Waals surface area contributed by atoms with Crippen LogP contribution in [0.15, 0.2) is 60.7 Å². The molecule has 77 heavy (non-hydrogen) atoms. The van der Waals surface area contributed by atoms with Gasteiger partial charge in [0.2, 0.25) is 0 Å². The second kappa shape index (κ2) is 23.2. The molecule has 20 heteroatoms. The van der Waals surface area contributed by atoms with Crippen LogP contribution in [0.25, 0.3) is 30.7 Å². The number of alkyl halides is 6. The summed E-state index contributed by atoms with van der Waals surface area (Å²) in [6, 6.07) is 18.3. The minimum absolute atomic E-state index is 0.134. The van der Waals surface area contributed by atoms with Crippen molar-refractivity contribution in [3.05, 3.63) is 111 Å². The molecule has 6 aromatic rings. The fourth-order valence-corrected chi connectivity index (χ4v) is 17.8. The standard InChI is InChI=1S/C57H68F6O8S6/c1-50(2,30-68-21-20-64)40-14-12-36(72-40)38-28-34-46-47(56(60,61)57(62,63)55(46,58)59)35-29-39(37-13-15-41(73-37)51(3,4)31-69-25-22-65-9)75-49(35)54(48(34)74-38,44-18-16-42(76-44)52(5,6)32-70-26-23-66-10)45-19-17-43(77-45)53(7,8)33-71-27-24-67-11/h12-19,28-29,64H,20-27,30-33H2,1-11H3. The zero-order chi connectivity index (χ0) is 56.0. The van der Waals surface area contributed by atoms with Gasteiger partial charge in [0.25, 0.3) is 0 Å². The summed E-state index contributed by atoms with van der Waals surface area (Å²) >= 11 is 8.00. The third-order valence-electron chi connectivity index (χ3n) is 14.1. The first-order chi connectivity index (χ1) is 36.3. The summed E-state index contributed by atoms with van der Waals surface area (Å²) in [5.74, 6) is -16.4. The number of aliphatic hydroxyl groups is 1. The van der Waals surface area contributed by atoms with Gasteiger partial charge in [-0.2, -0.15) is 26.3 Å². The van der Waals surface area contributed by atoms with E-state index in [2.05, 4.69) is 0 Å². The molecule has 0 radical (unpaired) electrons. The summed E-state index contributed by atoms with van der Waals surface area (Å²) < 4.78 is 142.